The Labute approximate surface area is 332 Å². The van der Waals surface area contributed by atoms with Gasteiger partial charge in [0, 0.05) is 17.5 Å². The molecule has 1 fully saturated rings. The highest BCUT2D eigenvalue weighted by Gasteiger charge is 2.47. The fraction of sp³-hybridized carbons (Fsp3) is 0.400. The third-order valence-electron chi connectivity index (χ3n) is 12.5. The molecular formula is C45H55N5O4Si2. The first kappa shape index (κ1) is 38.5. The van der Waals surface area contributed by atoms with E-state index in [-0.39, 0.29) is 28.5 Å². The molecule has 7 aromatic rings. The summed E-state index contributed by atoms with van der Waals surface area (Å²) in [5.74, 6) is 0.824. The second-order valence-electron chi connectivity index (χ2n) is 18.4. The van der Waals surface area contributed by atoms with Crippen molar-refractivity contribution in [2.45, 2.75) is 109 Å². The number of benzene rings is 5. The van der Waals surface area contributed by atoms with Gasteiger partial charge in [0.05, 0.1) is 19.0 Å². The lowest BCUT2D eigenvalue weighted by molar-refractivity contribution is -0.0383. The molecule has 0 saturated carbocycles. The van der Waals surface area contributed by atoms with Gasteiger partial charge in [0.1, 0.15) is 18.9 Å². The summed E-state index contributed by atoms with van der Waals surface area (Å²) in [6.07, 6.45) is 1.69. The second kappa shape index (κ2) is 14.2. The lowest BCUT2D eigenvalue weighted by Crippen LogP contribution is -2.48. The van der Waals surface area contributed by atoms with E-state index in [1.165, 1.54) is 26.9 Å². The lowest BCUT2D eigenvalue weighted by atomic mass is 9.93. The summed E-state index contributed by atoms with van der Waals surface area (Å²) in [5, 5.41) is 10.9. The molecule has 0 amide bonds. The Hall–Kier alpha value is -4.40. The monoisotopic (exact) mass is 785 g/mol. The first-order chi connectivity index (χ1) is 26.5. The number of anilines is 2. The average Bonchev–Trinajstić information content (AvgIpc) is 3.75. The van der Waals surface area contributed by atoms with Crippen molar-refractivity contribution in [2.24, 2.45) is 0 Å². The lowest BCUT2D eigenvalue weighted by Gasteiger charge is -2.40. The van der Waals surface area contributed by atoms with Crippen LogP contribution < -0.4 is 10.1 Å². The van der Waals surface area contributed by atoms with Crippen molar-refractivity contribution in [1.29, 1.82) is 0 Å². The Kier molecular flexibility index (Phi) is 9.76. The van der Waals surface area contributed by atoms with Crippen LogP contribution in [-0.2, 0) is 20.2 Å². The number of nitrogens with one attached hydrogen (secondary N) is 1. The summed E-state index contributed by atoms with van der Waals surface area (Å²) < 4.78 is 29.3. The van der Waals surface area contributed by atoms with E-state index < -0.39 is 16.6 Å². The zero-order valence-corrected chi connectivity index (χ0v) is 36.4. The van der Waals surface area contributed by atoms with E-state index in [9.17, 15) is 0 Å². The Balaban J connectivity index is 1.18. The molecule has 1 aliphatic rings. The molecule has 1 aliphatic heterocycles. The molecule has 3 atom stereocenters. The maximum absolute atomic E-state index is 7.12. The second-order valence-corrected chi connectivity index (χ2v) is 28.0. The first-order valence-electron chi connectivity index (χ1n) is 19.8. The number of hydrogen-bond acceptors (Lipinski definition) is 8. The smallest absolute Gasteiger partial charge is 0.247 e. The van der Waals surface area contributed by atoms with Crippen molar-refractivity contribution in [1.82, 2.24) is 19.5 Å². The van der Waals surface area contributed by atoms with Gasteiger partial charge in [-0.2, -0.15) is 9.97 Å². The predicted octanol–water partition coefficient (Wildman–Crippen LogP) is 11.7. The van der Waals surface area contributed by atoms with Crippen LogP contribution >= 0.6 is 0 Å². The van der Waals surface area contributed by atoms with Crippen LogP contribution in [0.4, 0.5) is 11.6 Å². The van der Waals surface area contributed by atoms with Gasteiger partial charge in [0.15, 0.2) is 27.8 Å². The van der Waals surface area contributed by atoms with E-state index in [1.54, 1.807) is 6.33 Å². The van der Waals surface area contributed by atoms with Crippen LogP contribution in [0, 0.1) is 0 Å². The SMILES string of the molecule is CC(C)(C)[Si](C)(C)OCC1OC(n2cnc3c(OCc4ccccc4)nc(Nc4ccc5ccc6cccc7ccc4c5c67)nc32)CC1O[Si](C)(C)C(C)(C)C. The van der Waals surface area contributed by atoms with Gasteiger partial charge in [0.25, 0.3) is 0 Å². The van der Waals surface area contributed by atoms with Crippen molar-refractivity contribution < 1.29 is 18.3 Å². The van der Waals surface area contributed by atoms with E-state index in [4.69, 9.17) is 33.3 Å². The quantitative estimate of drug-likeness (QED) is 0.102. The van der Waals surface area contributed by atoms with Crippen LogP contribution in [0.25, 0.3) is 43.5 Å². The van der Waals surface area contributed by atoms with Gasteiger partial charge in [-0.25, -0.2) is 4.98 Å². The number of aromatic nitrogens is 4. The summed E-state index contributed by atoms with van der Waals surface area (Å²) in [4.78, 5) is 15.0. The summed E-state index contributed by atoms with van der Waals surface area (Å²) in [6.45, 7) is 23.6. The van der Waals surface area contributed by atoms with Crippen LogP contribution in [0.2, 0.25) is 36.3 Å². The molecule has 8 rings (SSSR count). The van der Waals surface area contributed by atoms with E-state index in [0.29, 0.717) is 42.6 Å². The maximum atomic E-state index is 7.12. The molecule has 1 N–H and O–H groups in total. The van der Waals surface area contributed by atoms with Gasteiger partial charge in [-0.05, 0) is 74.8 Å². The van der Waals surface area contributed by atoms with Gasteiger partial charge in [-0.1, -0.05) is 120 Å². The zero-order valence-electron chi connectivity index (χ0n) is 34.4. The highest BCUT2D eigenvalue weighted by atomic mass is 28.4. The van der Waals surface area contributed by atoms with Gasteiger partial charge in [0.2, 0.25) is 11.8 Å². The minimum absolute atomic E-state index is 0.0432. The number of ether oxygens (including phenoxy) is 2. The van der Waals surface area contributed by atoms with Crippen LogP contribution in [0.1, 0.15) is 59.8 Å². The first-order valence-corrected chi connectivity index (χ1v) is 25.6. The normalized spacial score (nSPS) is 18.5. The number of fused-ring (bicyclic) bond motifs is 1. The van der Waals surface area contributed by atoms with E-state index in [2.05, 4.69) is 128 Å². The van der Waals surface area contributed by atoms with Gasteiger partial charge in [-0.15, -0.1) is 0 Å². The van der Waals surface area contributed by atoms with Crippen molar-refractivity contribution in [3.05, 3.63) is 96.8 Å². The minimum atomic E-state index is -2.15. The Bertz CT molecular complexity index is 2490. The number of rotatable bonds is 11. The molecule has 56 heavy (non-hydrogen) atoms. The molecule has 3 heterocycles. The van der Waals surface area contributed by atoms with Crippen molar-refractivity contribution in [3.8, 4) is 5.88 Å². The van der Waals surface area contributed by atoms with Crippen LogP contribution in [0.15, 0.2) is 91.3 Å². The third kappa shape index (κ3) is 7.20. The van der Waals surface area contributed by atoms with Crippen molar-refractivity contribution >= 4 is 71.8 Å². The van der Waals surface area contributed by atoms with Crippen molar-refractivity contribution in [3.63, 3.8) is 0 Å². The van der Waals surface area contributed by atoms with Gasteiger partial charge < -0.3 is 23.6 Å². The van der Waals surface area contributed by atoms with Gasteiger partial charge in [-0.3, -0.25) is 4.57 Å². The topological polar surface area (TPSA) is 92.6 Å². The average molecular weight is 786 g/mol. The standard InChI is InChI=1S/C45H55N5O4Si2/c1-44(2,3)55(7,8)52-27-36-35(54-56(9,10)45(4,5)6)25-37(53-36)50-28-46-40-41(50)48-43(49-42(40)51-26-29-15-12-11-13-16-29)47-34-24-22-32-20-19-30-17-14-18-31-21-23-33(34)39(32)38(30)31/h11-24,28,35-37H,25-27H2,1-10H3,(H,47,48,49). The van der Waals surface area contributed by atoms with Crippen LogP contribution in [0.5, 0.6) is 5.88 Å². The highest BCUT2D eigenvalue weighted by molar-refractivity contribution is 6.74. The number of nitrogens with zero attached hydrogens (tertiary/aromatic N) is 4. The summed E-state index contributed by atoms with van der Waals surface area (Å²) >= 11 is 0. The highest BCUT2D eigenvalue weighted by Crippen LogP contribution is 2.44. The molecule has 0 spiro atoms. The fourth-order valence-electron chi connectivity index (χ4n) is 7.16. The molecule has 1 saturated heterocycles. The molecule has 292 valence electrons. The van der Waals surface area contributed by atoms with E-state index >= 15 is 0 Å². The third-order valence-corrected chi connectivity index (χ3v) is 21.5. The van der Waals surface area contributed by atoms with Crippen LogP contribution in [-0.4, -0.2) is 55.0 Å². The maximum Gasteiger partial charge on any atom is 0.247 e. The molecule has 3 unspecified atom stereocenters. The summed E-state index contributed by atoms with van der Waals surface area (Å²) in [6, 6.07) is 29.6. The number of hydrogen-bond donors (Lipinski definition) is 1. The molecule has 0 radical (unpaired) electrons. The Morgan fingerprint density at radius 1 is 0.768 bits per heavy atom. The predicted molar refractivity (Wildman–Crippen MR) is 233 cm³/mol. The Morgan fingerprint density at radius 3 is 2.12 bits per heavy atom. The largest absolute Gasteiger partial charge is 0.471 e. The summed E-state index contributed by atoms with van der Waals surface area (Å²) in [5.41, 5.74) is 3.16. The molecule has 9 nitrogen and oxygen atoms in total. The molecular weight excluding hydrogens is 731 g/mol. The zero-order chi connectivity index (χ0) is 39.6. The molecule has 11 heteroatoms. The molecule has 5 aromatic carbocycles. The molecule has 2 aromatic heterocycles. The van der Waals surface area contributed by atoms with E-state index in [0.717, 1.165) is 16.6 Å². The number of imidazole rings is 1. The van der Waals surface area contributed by atoms with Gasteiger partial charge >= 0.3 is 0 Å². The molecule has 0 bridgehead atoms. The molecule has 0 aliphatic carbocycles. The Morgan fingerprint density at radius 2 is 1.43 bits per heavy atom. The van der Waals surface area contributed by atoms with Crippen LogP contribution in [0.3, 0.4) is 0 Å². The van der Waals surface area contributed by atoms with Crippen molar-refractivity contribution in [2.75, 3.05) is 11.9 Å². The fourth-order valence-corrected chi connectivity index (χ4v) is 9.53. The minimum Gasteiger partial charge on any atom is -0.471 e. The summed E-state index contributed by atoms with van der Waals surface area (Å²) in [7, 11) is -4.20. The van der Waals surface area contributed by atoms with E-state index in [1.807, 2.05) is 34.9 Å².